The Balaban J connectivity index is 1.94. The number of aromatic nitrogens is 1. The molecule has 0 unspecified atom stereocenters. The molecule has 0 fully saturated rings. The van der Waals surface area contributed by atoms with E-state index in [9.17, 15) is 4.79 Å². The molecule has 0 aliphatic heterocycles. The minimum Gasteiger partial charge on any atom is -0.318 e. The Hall–Kier alpha value is -1.71. The molecule has 4 nitrogen and oxygen atoms in total. The van der Waals surface area contributed by atoms with E-state index >= 15 is 0 Å². The molecule has 0 amide bonds. The number of nitrogens with zero attached hydrogens (tertiary/aromatic N) is 2. The van der Waals surface area contributed by atoms with Crippen molar-refractivity contribution in [2.24, 2.45) is 5.16 Å². The summed E-state index contributed by atoms with van der Waals surface area (Å²) < 4.78 is 0. The first-order valence-corrected chi connectivity index (χ1v) is 8.46. The van der Waals surface area contributed by atoms with Gasteiger partial charge in [0, 0.05) is 18.8 Å². The van der Waals surface area contributed by atoms with Crippen LogP contribution in [0, 0.1) is 0 Å². The number of pyridine rings is 1. The molecule has 0 spiro atoms. The summed E-state index contributed by atoms with van der Waals surface area (Å²) in [6.45, 7) is 2.24. The van der Waals surface area contributed by atoms with Gasteiger partial charge in [-0.25, -0.2) is 4.79 Å². The summed E-state index contributed by atoms with van der Waals surface area (Å²) in [5.41, 5.74) is 0.867. The second-order valence-corrected chi connectivity index (χ2v) is 5.56. The molecule has 0 radical (unpaired) electrons. The van der Waals surface area contributed by atoms with Gasteiger partial charge in [0.15, 0.2) is 0 Å². The van der Waals surface area contributed by atoms with Crippen LogP contribution in [0.1, 0.15) is 76.7 Å². The van der Waals surface area contributed by atoms with E-state index < -0.39 is 0 Å². The second-order valence-electron chi connectivity index (χ2n) is 5.56. The van der Waals surface area contributed by atoms with Gasteiger partial charge in [-0.2, -0.15) is 0 Å². The van der Waals surface area contributed by atoms with Crippen molar-refractivity contribution in [3.63, 3.8) is 0 Å². The standard InChI is InChI=1S/C18H28N2O2/c1-2-3-4-5-6-7-8-9-10-11-18(21)22-20-16-17-12-14-19-15-13-17/h12-16H,2-11H2,1H3/b20-16+. The number of carbonyl (C=O) groups is 1. The summed E-state index contributed by atoms with van der Waals surface area (Å²) in [4.78, 5) is 20.2. The molecule has 0 saturated heterocycles. The molecule has 0 aliphatic rings. The molecule has 0 bridgehead atoms. The van der Waals surface area contributed by atoms with Gasteiger partial charge in [0.05, 0.1) is 6.21 Å². The molecule has 0 aromatic carbocycles. The van der Waals surface area contributed by atoms with Crippen LogP contribution in [-0.2, 0) is 9.63 Å². The molecule has 1 aromatic heterocycles. The maximum Gasteiger partial charge on any atom is 0.335 e. The van der Waals surface area contributed by atoms with Gasteiger partial charge in [-0.15, -0.1) is 0 Å². The highest BCUT2D eigenvalue weighted by molar-refractivity contribution is 5.79. The molecule has 0 aliphatic carbocycles. The van der Waals surface area contributed by atoms with Gasteiger partial charge in [-0.1, -0.05) is 63.4 Å². The first kappa shape index (κ1) is 18.3. The van der Waals surface area contributed by atoms with E-state index in [2.05, 4.69) is 17.1 Å². The summed E-state index contributed by atoms with van der Waals surface area (Å²) in [5.74, 6) is -0.256. The third kappa shape index (κ3) is 10.1. The molecule has 122 valence electrons. The lowest BCUT2D eigenvalue weighted by Crippen LogP contribution is -1.99. The molecule has 4 heteroatoms. The predicted molar refractivity (Wildman–Crippen MR) is 89.8 cm³/mol. The molecule has 0 N–H and O–H groups in total. The van der Waals surface area contributed by atoms with Crippen LogP contribution < -0.4 is 0 Å². The molecule has 0 saturated carbocycles. The highest BCUT2D eigenvalue weighted by atomic mass is 16.7. The van der Waals surface area contributed by atoms with E-state index in [1.165, 1.54) is 51.2 Å². The molecular weight excluding hydrogens is 276 g/mol. The van der Waals surface area contributed by atoms with Crippen molar-refractivity contribution in [2.75, 3.05) is 0 Å². The average molecular weight is 304 g/mol. The Morgan fingerprint density at radius 2 is 1.64 bits per heavy atom. The Bertz CT molecular complexity index is 418. The smallest absolute Gasteiger partial charge is 0.318 e. The van der Waals surface area contributed by atoms with Gasteiger partial charge in [0.2, 0.25) is 0 Å². The van der Waals surface area contributed by atoms with Crippen LogP contribution in [0.2, 0.25) is 0 Å². The predicted octanol–water partition coefficient (Wildman–Crippen LogP) is 4.88. The topological polar surface area (TPSA) is 51.5 Å². The number of unbranched alkanes of at least 4 members (excludes halogenated alkanes) is 8. The SMILES string of the molecule is CCCCCCCCCCCC(=O)O/N=C/c1ccncc1. The van der Waals surface area contributed by atoms with Gasteiger partial charge in [-0.05, 0) is 24.1 Å². The maximum atomic E-state index is 11.5. The largest absolute Gasteiger partial charge is 0.335 e. The minimum atomic E-state index is -0.256. The summed E-state index contributed by atoms with van der Waals surface area (Å²) in [7, 11) is 0. The van der Waals surface area contributed by atoms with Crippen molar-refractivity contribution in [3.05, 3.63) is 30.1 Å². The number of carbonyl (C=O) groups excluding carboxylic acids is 1. The molecule has 0 atom stereocenters. The van der Waals surface area contributed by atoms with Crippen molar-refractivity contribution in [2.45, 2.75) is 71.1 Å². The Morgan fingerprint density at radius 1 is 1.05 bits per heavy atom. The zero-order valence-corrected chi connectivity index (χ0v) is 13.7. The Kier molecular flexibility index (Phi) is 10.8. The third-order valence-electron chi connectivity index (χ3n) is 3.55. The Morgan fingerprint density at radius 3 is 2.27 bits per heavy atom. The van der Waals surface area contributed by atoms with Gasteiger partial charge in [-0.3, -0.25) is 4.98 Å². The second kappa shape index (κ2) is 13.0. The normalized spacial score (nSPS) is 11.0. The van der Waals surface area contributed by atoms with E-state index in [0.717, 1.165) is 18.4 Å². The van der Waals surface area contributed by atoms with Gasteiger partial charge in [0.25, 0.3) is 0 Å². The molecule has 1 rings (SSSR count). The first-order chi connectivity index (χ1) is 10.8. The van der Waals surface area contributed by atoms with Crippen LogP contribution in [0.3, 0.4) is 0 Å². The number of hydrogen-bond acceptors (Lipinski definition) is 4. The van der Waals surface area contributed by atoms with E-state index in [0.29, 0.717) is 6.42 Å². The highest BCUT2D eigenvalue weighted by Gasteiger charge is 2.01. The molecular formula is C18H28N2O2. The van der Waals surface area contributed by atoms with Crippen molar-refractivity contribution < 1.29 is 9.63 Å². The Labute approximate surface area is 134 Å². The summed E-state index contributed by atoms with van der Waals surface area (Å²) in [5, 5.41) is 3.70. The molecule has 1 heterocycles. The first-order valence-electron chi connectivity index (χ1n) is 8.46. The zero-order valence-electron chi connectivity index (χ0n) is 13.7. The van der Waals surface area contributed by atoms with E-state index in [4.69, 9.17) is 4.84 Å². The van der Waals surface area contributed by atoms with Crippen molar-refractivity contribution >= 4 is 12.2 Å². The summed E-state index contributed by atoms with van der Waals surface area (Å²) >= 11 is 0. The fraction of sp³-hybridized carbons (Fsp3) is 0.611. The van der Waals surface area contributed by atoms with Crippen molar-refractivity contribution in [3.8, 4) is 0 Å². The average Bonchev–Trinajstić information content (AvgIpc) is 2.54. The van der Waals surface area contributed by atoms with E-state index in [1.54, 1.807) is 24.5 Å². The zero-order chi connectivity index (χ0) is 15.9. The van der Waals surface area contributed by atoms with Crippen LogP contribution in [0.5, 0.6) is 0 Å². The third-order valence-corrected chi connectivity index (χ3v) is 3.55. The van der Waals surface area contributed by atoms with Crippen molar-refractivity contribution in [1.29, 1.82) is 0 Å². The van der Waals surface area contributed by atoms with Gasteiger partial charge >= 0.3 is 5.97 Å². The number of hydrogen-bond donors (Lipinski definition) is 0. The monoisotopic (exact) mass is 304 g/mol. The van der Waals surface area contributed by atoms with Crippen LogP contribution in [0.15, 0.2) is 29.7 Å². The van der Waals surface area contributed by atoms with E-state index in [1.807, 2.05) is 0 Å². The molecule has 22 heavy (non-hydrogen) atoms. The number of oxime groups is 1. The maximum absolute atomic E-state index is 11.5. The summed E-state index contributed by atoms with van der Waals surface area (Å²) in [6, 6.07) is 3.61. The highest BCUT2D eigenvalue weighted by Crippen LogP contribution is 2.10. The fourth-order valence-corrected chi connectivity index (χ4v) is 2.22. The quantitative estimate of drug-likeness (QED) is 0.239. The van der Waals surface area contributed by atoms with Crippen LogP contribution in [-0.4, -0.2) is 17.2 Å². The van der Waals surface area contributed by atoms with Crippen molar-refractivity contribution in [1.82, 2.24) is 4.98 Å². The minimum absolute atomic E-state index is 0.256. The van der Waals surface area contributed by atoms with Crippen LogP contribution in [0.25, 0.3) is 0 Å². The van der Waals surface area contributed by atoms with Crippen LogP contribution in [0.4, 0.5) is 0 Å². The number of rotatable bonds is 12. The summed E-state index contributed by atoms with van der Waals surface area (Å²) in [6.07, 6.45) is 16.5. The lowest BCUT2D eigenvalue weighted by molar-refractivity contribution is -0.143. The fourth-order valence-electron chi connectivity index (χ4n) is 2.22. The van der Waals surface area contributed by atoms with Gasteiger partial charge < -0.3 is 4.84 Å². The molecule has 1 aromatic rings. The van der Waals surface area contributed by atoms with E-state index in [-0.39, 0.29) is 5.97 Å². The van der Waals surface area contributed by atoms with Crippen LogP contribution >= 0.6 is 0 Å². The van der Waals surface area contributed by atoms with Gasteiger partial charge in [0.1, 0.15) is 0 Å². The lowest BCUT2D eigenvalue weighted by atomic mass is 10.1. The lowest BCUT2D eigenvalue weighted by Gasteiger charge is -2.01.